The second kappa shape index (κ2) is 27.6. The molecule has 1 saturated heterocycles. The fourth-order valence-electron chi connectivity index (χ4n) is 6.35. The van der Waals surface area contributed by atoms with Crippen LogP contribution in [0.5, 0.6) is 0 Å². The Labute approximate surface area is 265 Å². The van der Waals surface area contributed by atoms with Crippen LogP contribution < -0.4 is 5.73 Å². The second-order valence-corrected chi connectivity index (χ2v) is 13.3. The highest BCUT2D eigenvalue weighted by atomic mass is 16.5. The molecule has 43 heavy (non-hydrogen) atoms. The number of aliphatic hydroxyl groups is 3. The third kappa shape index (κ3) is 18.7. The number of carbonyl (C=O) groups is 1. The molecule has 7 heteroatoms. The predicted molar refractivity (Wildman–Crippen MR) is 179 cm³/mol. The molecule has 1 rings (SSSR count). The first-order valence-electron chi connectivity index (χ1n) is 18.6. The zero-order valence-corrected chi connectivity index (χ0v) is 28.4. The lowest BCUT2D eigenvalue weighted by Crippen LogP contribution is -2.67. The summed E-state index contributed by atoms with van der Waals surface area (Å²) in [5, 5.41) is 30.4. The first kappa shape index (κ1) is 40.3. The Kier molecular flexibility index (Phi) is 25.8. The van der Waals surface area contributed by atoms with E-state index in [1.54, 1.807) is 4.90 Å². The number of aliphatic hydroxyl groups excluding tert-OH is 3. The predicted octanol–water partition coefficient (Wildman–Crippen LogP) is 7.76. The maximum absolute atomic E-state index is 13.4. The molecule has 0 radical (unpaired) electrons. The average molecular weight is 613 g/mol. The van der Waals surface area contributed by atoms with Gasteiger partial charge in [0.1, 0.15) is 18.3 Å². The highest BCUT2D eigenvalue weighted by molar-refractivity contribution is 5.76. The molecule has 1 aliphatic heterocycles. The molecule has 0 saturated carbocycles. The maximum atomic E-state index is 13.4. The summed E-state index contributed by atoms with van der Waals surface area (Å²) >= 11 is 0. The fourth-order valence-corrected chi connectivity index (χ4v) is 6.35. The lowest BCUT2D eigenvalue weighted by molar-refractivity contribution is -0.226. The van der Waals surface area contributed by atoms with Gasteiger partial charge in [0.15, 0.2) is 6.23 Å². The van der Waals surface area contributed by atoms with Gasteiger partial charge in [-0.25, -0.2) is 0 Å². The highest BCUT2D eigenvalue weighted by Gasteiger charge is 2.45. The Hall–Kier alpha value is -0.730. The SMILES string of the molecule is CCCCCCCCCCCCCCCCCC(=O)N(CCCCCCCCCCCC)[C@@H]1O[C@H](CO)[C@H](O)[C@H](O)[C@H]1N. The van der Waals surface area contributed by atoms with E-state index in [-0.39, 0.29) is 5.91 Å². The molecule has 1 amide bonds. The maximum Gasteiger partial charge on any atom is 0.224 e. The minimum Gasteiger partial charge on any atom is -0.394 e. The smallest absolute Gasteiger partial charge is 0.224 e. The summed E-state index contributed by atoms with van der Waals surface area (Å²) in [7, 11) is 0. The second-order valence-electron chi connectivity index (χ2n) is 13.3. The van der Waals surface area contributed by atoms with Gasteiger partial charge < -0.3 is 30.7 Å². The van der Waals surface area contributed by atoms with Crippen molar-refractivity contribution in [3.05, 3.63) is 0 Å². The topological polar surface area (TPSA) is 116 Å². The van der Waals surface area contributed by atoms with Crippen molar-refractivity contribution >= 4 is 5.91 Å². The number of unbranched alkanes of at least 4 members (excludes halogenated alkanes) is 23. The lowest BCUT2D eigenvalue weighted by atomic mass is 9.95. The third-order valence-corrected chi connectivity index (χ3v) is 9.32. The number of hydrogen-bond acceptors (Lipinski definition) is 6. The molecule has 0 aromatic carbocycles. The molecule has 1 aliphatic rings. The first-order chi connectivity index (χ1) is 21.0. The van der Waals surface area contributed by atoms with Crippen molar-refractivity contribution in [1.82, 2.24) is 4.90 Å². The minimum atomic E-state index is -1.26. The number of nitrogens with zero attached hydrogens (tertiary/aromatic N) is 1. The molecule has 5 N–H and O–H groups in total. The van der Waals surface area contributed by atoms with Gasteiger partial charge in [0.25, 0.3) is 0 Å². The molecule has 0 aromatic rings. The van der Waals surface area contributed by atoms with Gasteiger partial charge in [0.2, 0.25) is 5.91 Å². The molecule has 7 nitrogen and oxygen atoms in total. The van der Waals surface area contributed by atoms with Crippen molar-refractivity contribution in [2.24, 2.45) is 5.73 Å². The Morgan fingerprint density at radius 3 is 1.37 bits per heavy atom. The zero-order valence-electron chi connectivity index (χ0n) is 28.4. The fraction of sp³-hybridized carbons (Fsp3) is 0.972. The van der Waals surface area contributed by atoms with Crippen LogP contribution in [0.3, 0.4) is 0 Å². The molecule has 5 atom stereocenters. The van der Waals surface area contributed by atoms with Crippen LogP contribution in [-0.4, -0.2) is 69.9 Å². The number of carbonyl (C=O) groups excluding carboxylic acids is 1. The molecule has 1 fully saturated rings. The number of nitrogens with two attached hydrogens (primary N) is 1. The van der Waals surface area contributed by atoms with E-state index in [1.807, 2.05) is 0 Å². The van der Waals surface area contributed by atoms with Crippen molar-refractivity contribution in [3.8, 4) is 0 Å². The van der Waals surface area contributed by atoms with Gasteiger partial charge in [-0.2, -0.15) is 0 Å². The van der Waals surface area contributed by atoms with Crippen LogP contribution in [0.15, 0.2) is 0 Å². The summed E-state index contributed by atoms with van der Waals surface area (Å²) in [6, 6.07) is -0.911. The molecular formula is C36H72N2O5. The molecule has 0 aromatic heterocycles. The van der Waals surface area contributed by atoms with Crippen LogP contribution >= 0.6 is 0 Å². The number of rotatable bonds is 29. The summed E-state index contributed by atoms with van der Waals surface area (Å²) in [4.78, 5) is 15.1. The van der Waals surface area contributed by atoms with Crippen LogP contribution in [-0.2, 0) is 9.53 Å². The molecule has 0 aliphatic carbocycles. The summed E-state index contributed by atoms with van der Waals surface area (Å²) < 4.78 is 5.90. The standard InChI is InChI=1S/C36H72N2O5/c1-3-5-7-9-11-13-15-16-17-18-19-20-22-24-26-28-32(40)38(29-27-25-23-21-14-12-10-8-6-4-2)36-33(37)35(42)34(41)31(30-39)43-36/h31,33-36,39,41-42H,3-30,37H2,1-2H3/t31-,33-,34+,35-,36-/m1/s1. The largest absolute Gasteiger partial charge is 0.394 e. The normalized spacial score (nSPS) is 22.2. The van der Waals surface area contributed by atoms with Crippen molar-refractivity contribution in [2.45, 2.75) is 211 Å². The van der Waals surface area contributed by atoms with Gasteiger partial charge >= 0.3 is 0 Å². The minimum absolute atomic E-state index is 0.00801. The molecule has 256 valence electrons. The zero-order chi connectivity index (χ0) is 31.5. The van der Waals surface area contributed by atoms with Crippen LogP contribution in [0.4, 0.5) is 0 Å². The molecule has 0 unspecified atom stereocenters. The van der Waals surface area contributed by atoms with Crippen LogP contribution in [0.2, 0.25) is 0 Å². The molecule has 1 heterocycles. The van der Waals surface area contributed by atoms with E-state index in [2.05, 4.69) is 13.8 Å². The van der Waals surface area contributed by atoms with Gasteiger partial charge in [-0.15, -0.1) is 0 Å². The van der Waals surface area contributed by atoms with Crippen molar-refractivity contribution in [3.63, 3.8) is 0 Å². The van der Waals surface area contributed by atoms with E-state index in [1.165, 1.54) is 122 Å². The summed E-state index contributed by atoms with van der Waals surface area (Å²) in [5.74, 6) is -0.00801. The van der Waals surface area contributed by atoms with Crippen molar-refractivity contribution in [2.75, 3.05) is 13.2 Å². The van der Waals surface area contributed by atoms with Crippen molar-refractivity contribution in [1.29, 1.82) is 0 Å². The van der Waals surface area contributed by atoms with Gasteiger partial charge in [-0.1, -0.05) is 162 Å². The van der Waals surface area contributed by atoms with Gasteiger partial charge in [-0.3, -0.25) is 4.79 Å². The number of hydrogen-bond donors (Lipinski definition) is 4. The van der Waals surface area contributed by atoms with E-state index in [0.717, 1.165) is 38.5 Å². The monoisotopic (exact) mass is 613 g/mol. The lowest BCUT2D eigenvalue weighted by Gasteiger charge is -2.45. The van der Waals surface area contributed by atoms with E-state index in [9.17, 15) is 20.1 Å². The van der Waals surface area contributed by atoms with E-state index in [4.69, 9.17) is 10.5 Å². The Morgan fingerprint density at radius 2 is 0.977 bits per heavy atom. The Morgan fingerprint density at radius 1 is 0.605 bits per heavy atom. The van der Waals surface area contributed by atoms with Crippen LogP contribution in [0, 0.1) is 0 Å². The van der Waals surface area contributed by atoms with E-state index in [0.29, 0.717) is 13.0 Å². The highest BCUT2D eigenvalue weighted by Crippen LogP contribution is 2.24. The summed E-state index contributed by atoms with van der Waals surface area (Å²) in [5.41, 5.74) is 6.26. The number of amides is 1. The third-order valence-electron chi connectivity index (χ3n) is 9.32. The van der Waals surface area contributed by atoms with E-state index >= 15 is 0 Å². The first-order valence-corrected chi connectivity index (χ1v) is 18.6. The Balaban J connectivity index is 2.34. The number of ether oxygens (including phenoxy) is 1. The summed E-state index contributed by atoms with van der Waals surface area (Å²) in [6.45, 7) is 4.60. The molecule has 0 bridgehead atoms. The van der Waals surface area contributed by atoms with Crippen molar-refractivity contribution < 1.29 is 24.9 Å². The average Bonchev–Trinajstić information content (AvgIpc) is 3.01. The van der Waals surface area contributed by atoms with E-state index < -0.39 is 37.2 Å². The molecular weight excluding hydrogens is 540 g/mol. The molecule has 0 spiro atoms. The van der Waals surface area contributed by atoms with Gasteiger partial charge in [0, 0.05) is 13.0 Å². The van der Waals surface area contributed by atoms with Gasteiger partial charge in [0.05, 0.1) is 12.6 Å². The summed E-state index contributed by atoms with van der Waals surface area (Å²) in [6.07, 6.45) is 27.5. The quantitative estimate of drug-likeness (QED) is 0.0642. The van der Waals surface area contributed by atoms with Crippen LogP contribution in [0.25, 0.3) is 0 Å². The Bertz CT molecular complexity index is 635. The van der Waals surface area contributed by atoms with Gasteiger partial charge in [-0.05, 0) is 12.8 Å². The van der Waals surface area contributed by atoms with Crippen LogP contribution in [0.1, 0.15) is 181 Å².